The van der Waals surface area contributed by atoms with E-state index in [9.17, 15) is 9.59 Å². The van der Waals surface area contributed by atoms with Gasteiger partial charge in [0.15, 0.2) is 0 Å². The molecule has 1 aliphatic rings. The summed E-state index contributed by atoms with van der Waals surface area (Å²) < 4.78 is 17.7. The third-order valence-electron chi connectivity index (χ3n) is 14.5. The van der Waals surface area contributed by atoms with E-state index in [1.807, 2.05) is 48.5 Å². The Bertz CT molecular complexity index is 3200. The largest absolute Gasteiger partial charge is 0.494 e. The van der Waals surface area contributed by atoms with Gasteiger partial charge in [0.25, 0.3) is 0 Å². The second-order valence-corrected chi connectivity index (χ2v) is 20.8. The number of hydrazone groups is 1. The zero-order valence-corrected chi connectivity index (χ0v) is 44.3. The number of unbranched alkanes of at least 4 members (excludes halogenated alkanes) is 1. The maximum Gasteiger partial charge on any atom is 0.330 e. The summed E-state index contributed by atoms with van der Waals surface area (Å²) in [5.41, 5.74) is 8.67. The smallest absolute Gasteiger partial charge is 0.330 e. The first-order chi connectivity index (χ1) is 36.3. The van der Waals surface area contributed by atoms with E-state index in [2.05, 4.69) is 117 Å². The van der Waals surface area contributed by atoms with Gasteiger partial charge in [-0.25, -0.2) is 14.8 Å². The number of esters is 2. The number of nitrogens with zero attached hydrogens (tertiary/aromatic N) is 3. The van der Waals surface area contributed by atoms with Crippen LogP contribution in [0.5, 0.6) is 11.5 Å². The Hall–Kier alpha value is -6.81. The molecule has 0 spiro atoms. The number of thiazole rings is 1. The molecule has 1 fully saturated rings. The molecule has 0 aliphatic heterocycles. The average molecular weight is 1020 g/mol. The normalized spacial score (nSPS) is 13.0. The standard InChI is InChI=1S/C64H66ClN3O5S/c1-4-44(5-2)17-16-22-53-49(43-66-68(50-18-8-7-9-19-50)64-67-59-23-12-13-24-60(59)74-64)42-58(57-21-11-10-20-56(53)57)48-31-37-55-47(41-48)30-36-54(63(55)65)46-28-34-52(35-29-46)73-62(70)38-27-45-25-32-51(33-26-45)71-39-14-15-40-72-61(69)6-3/h6,10-13,20-21,23-26,28-37,41-44,50H,3-5,7-9,14-19,22,27,38-40H2,1-2H3/b66-43+. The Balaban J connectivity index is 0.918. The van der Waals surface area contributed by atoms with Gasteiger partial charge in [0, 0.05) is 23.4 Å². The highest BCUT2D eigenvalue weighted by atomic mass is 35.5. The van der Waals surface area contributed by atoms with Crippen LogP contribution in [0.4, 0.5) is 5.13 Å². The number of ether oxygens (including phenoxy) is 3. The molecule has 380 valence electrons. The topological polar surface area (TPSA) is 90.3 Å². The fourth-order valence-corrected chi connectivity index (χ4v) is 11.6. The van der Waals surface area contributed by atoms with Gasteiger partial charge in [0.05, 0.1) is 40.7 Å². The Labute approximate surface area is 445 Å². The summed E-state index contributed by atoms with van der Waals surface area (Å²) in [6.07, 6.45) is 17.2. The molecule has 0 amide bonds. The van der Waals surface area contributed by atoms with Gasteiger partial charge >= 0.3 is 11.9 Å². The van der Waals surface area contributed by atoms with Crippen LogP contribution in [0.2, 0.25) is 5.02 Å². The Morgan fingerprint density at radius 2 is 1.50 bits per heavy atom. The van der Waals surface area contributed by atoms with E-state index < -0.39 is 5.97 Å². The van der Waals surface area contributed by atoms with Crippen LogP contribution in [0, 0.1) is 5.92 Å². The molecule has 0 N–H and O–H groups in total. The lowest BCUT2D eigenvalue weighted by Crippen LogP contribution is -2.32. The zero-order chi connectivity index (χ0) is 51.2. The summed E-state index contributed by atoms with van der Waals surface area (Å²) in [6.45, 7) is 8.89. The number of halogens is 1. The maximum atomic E-state index is 12.9. The number of rotatable bonds is 23. The van der Waals surface area contributed by atoms with Gasteiger partial charge in [-0.15, -0.1) is 0 Å². The van der Waals surface area contributed by atoms with Crippen molar-refractivity contribution in [1.82, 2.24) is 4.98 Å². The first-order valence-electron chi connectivity index (χ1n) is 26.6. The quantitative estimate of drug-likeness (QED) is 0.0157. The van der Waals surface area contributed by atoms with Crippen LogP contribution in [-0.4, -0.2) is 42.4 Å². The molecule has 0 atom stereocenters. The summed E-state index contributed by atoms with van der Waals surface area (Å²) in [5, 5.41) is 13.8. The van der Waals surface area contributed by atoms with E-state index in [-0.39, 0.29) is 12.4 Å². The lowest BCUT2D eigenvalue weighted by molar-refractivity contribution is -0.138. The minimum atomic E-state index is -0.416. The van der Waals surface area contributed by atoms with Crippen LogP contribution in [0.1, 0.15) is 108 Å². The highest BCUT2D eigenvalue weighted by molar-refractivity contribution is 7.22. The van der Waals surface area contributed by atoms with Crippen molar-refractivity contribution < 1.29 is 23.8 Å². The Morgan fingerprint density at radius 3 is 2.27 bits per heavy atom. The number of anilines is 1. The van der Waals surface area contributed by atoms with Gasteiger partial charge in [-0.05, 0) is 149 Å². The molecular weight excluding hydrogens is 958 g/mol. The number of hydrogen-bond donors (Lipinski definition) is 0. The maximum absolute atomic E-state index is 12.9. The highest BCUT2D eigenvalue weighted by Crippen LogP contribution is 2.40. The van der Waals surface area contributed by atoms with Crippen molar-refractivity contribution in [3.63, 3.8) is 0 Å². The van der Waals surface area contributed by atoms with Crippen LogP contribution in [0.3, 0.4) is 0 Å². The summed E-state index contributed by atoms with van der Waals surface area (Å²) >= 11 is 9.01. The second-order valence-electron chi connectivity index (χ2n) is 19.4. The first-order valence-corrected chi connectivity index (χ1v) is 27.8. The van der Waals surface area contributed by atoms with Crippen LogP contribution in [-0.2, 0) is 27.2 Å². The van der Waals surface area contributed by atoms with Gasteiger partial charge in [-0.2, -0.15) is 5.10 Å². The molecule has 1 aromatic heterocycles. The molecular formula is C64H66ClN3O5S. The monoisotopic (exact) mass is 1020 g/mol. The number of aryl methyl sites for hydroxylation is 2. The fraction of sp³-hybridized carbons (Fsp3) is 0.312. The van der Waals surface area contributed by atoms with Gasteiger partial charge in [0.2, 0.25) is 5.13 Å². The van der Waals surface area contributed by atoms with Gasteiger partial charge in [0.1, 0.15) is 11.5 Å². The molecule has 0 bridgehead atoms. The molecule has 1 heterocycles. The van der Waals surface area contributed by atoms with Crippen molar-refractivity contribution >= 4 is 78.0 Å². The molecule has 1 aliphatic carbocycles. The molecule has 1 saturated carbocycles. The van der Waals surface area contributed by atoms with Gasteiger partial charge in [-0.1, -0.05) is 167 Å². The lowest BCUT2D eigenvalue weighted by Gasteiger charge is -2.30. The van der Waals surface area contributed by atoms with Crippen molar-refractivity contribution in [3.05, 3.63) is 168 Å². The van der Waals surface area contributed by atoms with Crippen molar-refractivity contribution in [2.45, 2.75) is 110 Å². The molecule has 0 unspecified atom stereocenters. The zero-order valence-electron chi connectivity index (χ0n) is 42.7. The van der Waals surface area contributed by atoms with Crippen molar-refractivity contribution in [2.24, 2.45) is 11.0 Å². The van der Waals surface area contributed by atoms with E-state index in [0.717, 1.165) is 99.1 Å². The number of carbonyl (C=O) groups excluding carboxylic acids is 2. The molecule has 74 heavy (non-hydrogen) atoms. The highest BCUT2D eigenvalue weighted by Gasteiger charge is 2.25. The summed E-state index contributed by atoms with van der Waals surface area (Å²) in [7, 11) is 0. The van der Waals surface area contributed by atoms with E-state index in [0.29, 0.717) is 42.9 Å². The molecule has 8 nitrogen and oxygen atoms in total. The predicted molar refractivity (Wildman–Crippen MR) is 307 cm³/mol. The van der Waals surface area contributed by atoms with Crippen LogP contribution >= 0.6 is 22.9 Å². The first kappa shape index (κ1) is 52.1. The van der Waals surface area contributed by atoms with E-state index in [1.54, 1.807) is 11.3 Å². The number of carbonyl (C=O) groups is 2. The van der Waals surface area contributed by atoms with Crippen molar-refractivity contribution in [2.75, 3.05) is 18.2 Å². The van der Waals surface area contributed by atoms with E-state index in [4.69, 9.17) is 35.9 Å². The SMILES string of the molecule is C=CC(=O)OCCCCOc1ccc(CCC(=O)Oc2ccc(-c3ccc4cc(-c5cc(/C=N/N(c6nc7ccccc7s6)C6CCCCC6)c(CCCC(CC)CC)c6ccccc56)ccc4c3Cl)cc2)cc1. The summed E-state index contributed by atoms with van der Waals surface area (Å²) in [6, 6.07) is 46.1. The van der Waals surface area contributed by atoms with Crippen LogP contribution in [0.25, 0.3) is 54.0 Å². The average Bonchev–Trinajstić information content (AvgIpc) is 3.88. The van der Waals surface area contributed by atoms with E-state index in [1.165, 1.54) is 65.1 Å². The predicted octanol–water partition coefficient (Wildman–Crippen LogP) is 16.9. The van der Waals surface area contributed by atoms with Crippen LogP contribution in [0.15, 0.2) is 151 Å². The molecule has 7 aromatic carbocycles. The Morgan fingerprint density at radius 1 is 0.770 bits per heavy atom. The second kappa shape index (κ2) is 25.4. The number of para-hydroxylation sites is 1. The number of hydrogen-bond acceptors (Lipinski definition) is 9. The Kier molecular flexibility index (Phi) is 17.9. The number of benzene rings is 7. The molecule has 8 aromatic rings. The lowest BCUT2D eigenvalue weighted by atomic mass is 9.87. The molecule has 0 saturated heterocycles. The minimum Gasteiger partial charge on any atom is -0.494 e. The molecule has 0 radical (unpaired) electrons. The summed E-state index contributed by atoms with van der Waals surface area (Å²) in [4.78, 5) is 29.2. The van der Waals surface area contributed by atoms with Gasteiger partial charge < -0.3 is 14.2 Å². The number of fused-ring (bicyclic) bond motifs is 3. The van der Waals surface area contributed by atoms with Crippen molar-refractivity contribution in [1.29, 1.82) is 0 Å². The van der Waals surface area contributed by atoms with Crippen LogP contribution < -0.4 is 14.5 Å². The van der Waals surface area contributed by atoms with E-state index >= 15 is 0 Å². The number of aromatic nitrogens is 1. The third kappa shape index (κ3) is 12.9. The summed E-state index contributed by atoms with van der Waals surface area (Å²) in [5.74, 6) is 1.24. The van der Waals surface area contributed by atoms with Crippen molar-refractivity contribution in [3.8, 4) is 33.8 Å². The third-order valence-corrected chi connectivity index (χ3v) is 16.0. The molecule has 9 rings (SSSR count). The van der Waals surface area contributed by atoms with Gasteiger partial charge in [-0.3, -0.25) is 4.79 Å². The minimum absolute atomic E-state index is 0.237. The molecule has 10 heteroatoms. The fourth-order valence-electron chi connectivity index (χ4n) is 10.3.